The van der Waals surface area contributed by atoms with Gasteiger partial charge < -0.3 is 5.73 Å². The van der Waals surface area contributed by atoms with Gasteiger partial charge in [-0.3, -0.25) is 4.90 Å². The Morgan fingerprint density at radius 3 is 2.86 bits per heavy atom. The number of rotatable bonds is 3. The predicted molar refractivity (Wildman–Crippen MR) is 77.6 cm³/mol. The Kier molecular flexibility index (Phi) is 4.00. The third kappa shape index (κ3) is 2.70. The van der Waals surface area contributed by atoms with E-state index in [2.05, 4.69) is 4.90 Å². The van der Waals surface area contributed by atoms with E-state index >= 15 is 0 Å². The van der Waals surface area contributed by atoms with Crippen LogP contribution in [0.1, 0.15) is 18.4 Å². The van der Waals surface area contributed by atoms with E-state index in [4.69, 9.17) is 5.73 Å². The van der Waals surface area contributed by atoms with Gasteiger partial charge >= 0.3 is 0 Å². The second-order valence-corrected chi connectivity index (χ2v) is 7.57. The zero-order valence-corrected chi connectivity index (χ0v) is 12.7. The molecule has 0 aliphatic carbocycles. The summed E-state index contributed by atoms with van der Waals surface area (Å²) in [4.78, 5) is 2.07. The standard InChI is InChI=1S/C14H20FN3O2S/c15-13-4-3-11(9-16)8-14(13)21(19,20)18-7-6-17-5-1-2-12(17)10-18/h3-4,8,12H,1-2,5-7,9-10,16H2. The SMILES string of the molecule is NCc1ccc(F)c(S(=O)(=O)N2CCN3CCCC3C2)c1. The second kappa shape index (κ2) is 5.64. The monoisotopic (exact) mass is 313 g/mol. The molecule has 21 heavy (non-hydrogen) atoms. The molecule has 1 atom stereocenters. The quantitative estimate of drug-likeness (QED) is 0.894. The summed E-state index contributed by atoms with van der Waals surface area (Å²) in [5.41, 5.74) is 6.14. The minimum Gasteiger partial charge on any atom is -0.326 e. The van der Waals surface area contributed by atoms with Crippen LogP contribution in [0.15, 0.2) is 23.1 Å². The van der Waals surface area contributed by atoms with Gasteiger partial charge in [0.05, 0.1) is 0 Å². The zero-order chi connectivity index (χ0) is 15.0. The smallest absolute Gasteiger partial charge is 0.246 e. The average Bonchev–Trinajstić information content (AvgIpc) is 2.95. The van der Waals surface area contributed by atoms with Crippen molar-refractivity contribution in [3.63, 3.8) is 0 Å². The number of benzene rings is 1. The molecule has 1 aromatic rings. The summed E-state index contributed by atoms with van der Waals surface area (Å²) in [6.07, 6.45) is 2.12. The largest absolute Gasteiger partial charge is 0.326 e. The molecule has 1 unspecified atom stereocenters. The summed E-state index contributed by atoms with van der Waals surface area (Å²) in [7, 11) is -3.79. The van der Waals surface area contributed by atoms with Crippen LogP contribution in [0.2, 0.25) is 0 Å². The third-order valence-electron chi connectivity index (χ3n) is 4.40. The first-order chi connectivity index (χ1) is 10.0. The average molecular weight is 313 g/mol. The topological polar surface area (TPSA) is 66.6 Å². The van der Waals surface area contributed by atoms with E-state index in [9.17, 15) is 12.8 Å². The van der Waals surface area contributed by atoms with Gasteiger partial charge in [0.25, 0.3) is 0 Å². The zero-order valence-electron chi connectivity index (χ0n) is 11.8. The van der Waals surface area contributed by atoms with E-state index in [1.165, 1.54) is 22.5 Å². The Balaban J connectivity index is 1.90. The number of nitrogens with zero attached hydrogens (tertiary/aromatic N) is 2. The number of halogens is 1. The fraction of sp³-hybridized carbons (Fsp3) is 0.571. The van der Waals surface area contributed by atoms with Crippen LogP contribution in [0.5, 0.6) is 0 Å². The van der Waals surface area contributed by atoms with Crippen molar-refractivity contribution in [1.29, 1.82) is 0 Å². The van der Waals surface area contributed by atoms with E-state index < -0.39 is 15.8 Å². The van der Waals surface area contributed by atoms with Gasteiger partial charge in [0.2, 0.25) is 10.0 Å². The van der Waals surface area contributed by atoms with Crippen molar-refractivity contribution >= 4 is 10.0 Å². The summed E-state index contributed by atoms with van der Waals surface area (Å²) < 4.78 is 40.8. The van der Waals surface area contributed by atoms with E-state index in [-0.39, 0.29) is 17.5 Å². The molecule has 0 amide bonds. The van der Waals surface area contributed by atoms with E-state index in [1.807, 2.05) is 0 Å². The van der Waals surface area contributed by atoms with Crippen molar-refractivity contribution in [2.24, 2.45) is 5.73 Å². The van der Waals surface area contributed by atoms with Gasteiger partial charge in [-0.1, -0.05) is 6.07 Å². The van der Waals surface area contributed by atoms with Crippen molar-refractivity contribution in [2.45, 2.75) is 30.3 Å². The molecule has 5 nitrogen and oxygen atoms in total. The molecule has 0 spiro atoms. The van der Waals surface area contributed by atoms with E-state index in [0.29, 0.717) is 18.7 Å². The maximum absolute atomic E-state index is 14.0. The first-order valence-electron chi connectivity index (χ1n) is 7.25. The molecular weight excluding hydrogens is 293 g/mol. The maximum Gasteiger partial charge on any atom is 0.246 e. The minimum absolute atomic E-state index is 0.194. The molecule has 3 rings (SSSR count). The number of hydrogen-bond donors (Lipinski definition) is 1. The van der Waals surface area contributed by atoms with Crippen LogP contribution in [0.3, 0.4) is 0 Å². The molecular formula is C14H20FN3O2S. The summed E-state index contributed by atoms with van der Waals surface area (Å²) in [6, 6.07) is 4.32. The lowest BCUT2D eigenvalue weighted by Gasteiger charge is -2.36. The fourth-order valence-corrected chi connectivity index (χ4v) is 4.78. The normalized spacial score (nSPS) is 24.2. The Bertz CT molecular complexity index is 635. The Labute approximate surface area is 124 Å². The van der Waals surface area contributed by atoms with Gasteiger partial charge in [0.15, 0.2) is 0 Å². The highest BCUT2D eigenvalue weighted by Crippen LogP contribution is 2.27. The summed E-state index contributed by atoms with van der Waals surface area (Å²) in [5, 5.41) is 0. The van der Waals surface area contributed by atoms with Gasteiger partial charge in [-0.2, -0.15) is 4.31 Å². The van der Waals surface area contributed by atoms with Crippen LogP contribution in [0.25, 0.3) is 0 Å². The van der Waals surface area contributed by atoms with Crippen LogP contribution < -0.4 is 5.73 Å². The van der Waals surface area contributed by atoms with Crippen LogP contribution in [-0.2, 0) is 16.6 Å². The first kappa shape index (κ1) is 14.9. The van der Waals surface area contributed by atoms with Gasteiger partial charge in [-0.05, 0) is 37.1 Å². The van der Waals surface area contributed by atoms with Crippen molar-refractivity contribution < 1.29 is 12.8 Å². The highest BCUT2D eigenvalue weighted by molar-refractivity contribution is 7.89. The highest BCUT2D eigenvalue weighted by Gasteiger charge is 2.37. The van der Waals surface area contributed by atoms with E-state index in [0.717, 1.165) is 25.9 Å². The molecule has 0 radical (unpaired) electrons. The van der Waals surface area contributed by atoms with Gasteiger partial charge in [-0.25, -0.2) is 12.8 Å². The fourth-order valence-electron chi connectivity index (χ4n) is 3.19. The molecule has 0 saturated carbocycles. The van der Waals surface area contributed by atoms with Gasteiger partial charge in [-0.15, -0.1) is 0 Å². The van der Waals surface area contributed by atoms with Crippen molar-refractivity contribution in [3.8, 4) is 0 Å². The molecule has 2 N–H and O–H groups in total. The minimum atomic E-state index is -3.79. The number of fused-ring (bicyclic) bond motifs is 1. The summed E-state index contributed by atoms with van der Waals surface area (Å²) in [5.74, 6) is -0.707. The van der Waals surface area contributed by atoms with Crippen molar-refractivity contribution in [1.82, 2.24) is 9.21 Å². The Hall–Kier alpha value is -1.02. The first-order valence-corrected chi connectivity index (χ1v) is 8.69. The lowest BCUT2D eigenvalue weighted by Crippen LogP contribution is -2.52. The van der Waals surface area contributed by atoms with E-state index in [1.54, 1.807) is 0 Å². The van der Waals surface area contributed by atoms with Crippen LogP contribution in [-0.4, -0.2) is 49.8 Å². The molecule has 2 aliphatic rings. The predicted octanol–water partition coefficient (Wildman–Crippen LogP) is 0.753. The molecule has 2 heterocycles. The molecule has 2 fully saturated rings. The molecule has 2 saturated heterocycles. The molecule has 0 bridgehead atoms. The lowest BCUT2D eigenvalue weighted by atomic mass is 10.2. The molecule has 0 aromatic heterocycles. The third-order valence-corrected chi connectivity index (χ3v) is 6.28. The Morgan fingerprint density at radius 2 is 2.10 bits per heavy atom. The maximum atomic E-state index is 14.0. The molecule has 7 heteroatoms. The van der Waals surface area contributed by atoms with Crippen molar-refractivity contribution in [3.05, 3.63) is 29.6 Å². The van der Waals surface area contributed by atoms with Crippen LogP contribution in [0.4, 0.5) is 4.39 Å². The number of hydrogen-bond acceptors (Lipinski definition) is 4. The molecule has 2 aliphatic heterocycles. The molecule has 1 aromatic carbocycles. The van der Waals surface area contributed by atoms with Crippen LogP contribution in [0, 0.1) is 5.82 Å². The second-order valence-electron chi connectivity index (χ2n) is 5.66. The number of piperazine rings is 1. The summed E-state index contributed by atoms with van der Waals surface area (Å²) >= 11 is 0. The van der Waals surface area contributed by atoms with Gasteiger partial charge in [0.1, 0.15) is 10.7 Å². The number of nitrogens with two attached hydrogens (primary N) is 1. The van der Waals surface area contributed by atoms with Gasteiger partial charge in [0, 0.05) is 32.2 Å². The number of sulfonamides is 1. The Morgan fingerprint density at radius 1 is 1.29 bits per heavy atom. The van der Waals surface area contributed by atoms with Crippen LogP contribution >= 0.6 is 0 Å². The summed E-state index contributed by atoms with van der Waals surface area (Å²) in [6.45, 7) is 2.83. The highest BCUT2D eigenvalue weighted by atomic mass is 32.2. The molecule has 116 valence electrons. The van der Waals surface area contributed by atoms with Crippen molar-refractivity contribution in [2.75, 3.05) is 26.2 Å². The lowest BCUT2D eigenvalue weighted by molar-refractivity contribution is 0.158.